The van der Waals surface area contributed by atoms with Crippen LogP contribution in [-0.2, 0) is 4.79 Å². The summed E-state index contributed by atoms with van der Waals surface area (Å²) in [5.74, 6) is -1.72. The molecule has 0 bridgehead atoms. The third-order valence-electron chi connectivity index (χ3n) is 4.05. The van der Waals surface area contributed by atoms with Crippen LogP contribution in [0.3, 0.4) is 0 Å². The van der Waals surface area contributed by atoms with Gasteiger partial charge in [-0.25, -0.2) is 8.78 Å². The van der Waals surface area contributed by atoms with Crippen molar-refractivity contribution in [1.82, 2.24) is 5.32 Å². The van der Waals surface area contributed by atoms with Gasteiger partial charge in [0.05, 0.1) is 12.6 Å². The van der Waals surface area contributed by atoms with Crippen molar-refractivity contribution in [2.45, 2.75) is 6.04 Å². The molecule has 3 aromatic rings. The molecule has 26 heavy (non-hydrogen) atoms. The fraction of sp³-hybridized carbons (Fsp3) is 0.0952. The quantitative estimate of drug-likeness (QED) is 0.682. The third kappa shape index (κ3) is 4.13. The van der Waals surface area contributed by atoms with E-state index in [1.165, 1.54) is 6.08 Å². The summed E-state index contributed by atoms with van der Waals surface area (Å²) in [6, 6.07) is 15.8. The number of fused-ring (bicyclic) bond motifs is 1. The van der Waals surface area contributed by atoms with Crippen molar-refractivity contribution >= 4 is 22.8 Å². The number of carbonyl (C=O) groups excluding carboxylic acids is 1. The predicted octanol–water partition coefficient (Wildman–Crippen LogP) is 3.98. The molecule has 0 saturated heterocycles. The lowest BCUT2D eigenvalue weighted by molar-refractivity contribution is -0.117. The maximum Gasteiger partial charge on any atom is 0.244 e. The van der Waals surface area contributed by atoms with Crippen LogP contribution in [0.5, 0.6) is 0 Å². The van der Waals surface area contributed by atoms with Crippen LogP contribution in [0.1, 0.15) is 17.2 Å². The number of nitrogens with one attached hydrogen (secondary N) is 1. The van der Waals surface area contributed by atoms with Gasteiger partial charge in [0.1, 0.15) is 11.6 Å². The van der Waals surface area contributed by atoms with E-state index in [4.69, 9.17) is 0 Å². The van der Waals surface area contributed by atoms with Crippen molar-refractivity contribution < 1.29 is 18.7 Å². The van der Waals surface area contributed by atoms with E-state index in [1.807, 2.05) is 42.5 Å². The average molecular weight is 353 g/mol. The number of halogens is 2. The van der Waals surface area contributed by atoms with Crippen LogP contribution in [0.25, 0.3) is 16.8 Å². The summed E-state index contributed by atoms with van der Waals surface area (Å²) in [5, 5.41) is 14.3. The number of amides is 1. The molecule has 0 aliphatic rings. The molecule has 3 rings (SSSR count). The molecule has 1 atom stereocenters. The van der Waals surface area contributed by atoms with Crippen LogP contribution in [0.2, 0.25) is 0 Å². The first-order chi connectivity index (χ1) is 12.6. The second kappa shape index (κ2) is 7.89. The average Bonchev–Trinajstić information content (AvgIpc) is 2.66. The summed E-state index contributed by atoms with van der Waals surface area (Å²) < 4.78 is 26.7. The SMILES string of the molecule is O=C(/C=C/c1cc(F)ccc1F)N[C@@H](CO)c1ccc2ccccc2c1. The number of carbonyl (C=O) groups is 1. The van der Waals surface area contributed by atoms with Gasteiger partial charge in [0, 0.05) is 11.6 Å². The van der Waals surface area contributed by atoms with Crippen molar-refractivity contribution in [1.29, 1.82) is 0 Å². The van der Waals surface area contributed by atoms with Crippen LogP contribution in [0.4, 0.5) is 8.78 Å². The third-order valence-corrected chi connectivity index (χ3v) is 4.05. The van der Waals surface area contributed by atoms with E-state index in [9.17, 15) is 18.7 Å². The fourth-order valence-corrected chi connectivity index (χ4v) is 2.69. The van der Waals surface area contributed by atoms with Crippen molar-refractivity contribution in [3.63, 3.8) is 0 Å². The van der Waals surface area contributed by atoms with Gasteiger partial charge in [0.2, 0.25) is 5.91 Å². The topological polar surface area (TPSA) is 49.3 Å². The van der Waals surface area contributed by atoms with Crippen LogP contribution in [-0.4, -0.2) is 17.6 Å². The zero-order valence-corrected chi connectivity index (χ0v) is 13.8. The Bertz CT molecular complexity index is 969. The lowest BCUT2D eigenvalue weighted by Crippen LogP contribution is -2.29. The van der Waals surface area contributed by atoms with Crippen LogP contribution in [0, 0.1) is 11.6 Å². The van der Waals surface area contributed by atoms with Gasteiger partial charge >= 0.3 is 0 Å². The molecule has 0 fully saturated rings. The van der Waals surface area contributed by atoms with Gasteiger partial charge in [0.25, 0.3) is 0 Å². The minimum Gasteiger partial charge on any atom is -0.394 e. The Morgan fingerprint density at radius 2 is 1.81 bits per heavy atom. The molecule has 0 heterocycles. The lowest BCUT2D eigenvalue weighted by atomic mass is 10.0. The molecular weight excluding hydrogens is 336 g/mol. The van der Waals surface area contributed by atoms with E-state index in [-0.39, 0.29) is 12.2 Å². The Hall–Kier alpha value is -3.05. The van der Waals surface area contributed by atoms with Gasteiger partial charge in [-0.15, -0.1) is 0 Å². The Labute approximate surface area is 149 Å². The Kier molecular flexibility index (Phi) is 5.39. The highest BCUT2D eigenvalue weighted by Crippen LogP contribution is 2.20. The standard InChI is InChI=1S/C21H17F2NO2/c22-18-8-9-19(23)16(12-18)7-10-21(26)24-20(13-25)17-6-5-14-3-1-2-4-15(14)11-17/h1-12,20,25H,13H2,(H,24,26)/b10-7+/t20-/m0/s1. The molecule has 3 nitrogen and oxygen atoms in total. The number of aliphatic hydroxyl groups is 1. The van der Waals surface area contributed by atoms with E-state index < -0.39 is 23.6 Å². The van der Waals surface area contributed by atoms with Gasteiger partial charge in [-0.3, -0.25) is 4.79 Å². The first kappa shape index (κ1) is 17.8. The highest BCUT2D eigenvalue weighted by molar-refractivity contribution is 5.92. The van der Waals surface area contributed by atoms with Gasteiger partial charge < -0.3 is 10.4 Å². The Balaban J connectivity index is 1.75. The second-order valence-corrected chi connectivity index (χ2v) is 5.85. The molecule has 0 radical (unpaired) electrons. The molecule has 0 aliphatic heterocycles. The van der Waals surface area contributed by atoms with Crippen molar-refractivity contribution in [2.75, 3.05) is 6.61 Å². The second-order valence-electron chi connectivity index (χ2n) is 5.85. The maximum absolute atomic E-state index is 13.6. The molecule has 132 valence electrons. The van der Waals surface area contributed by atoms with Gasteiger partial charge in [-0.1, -0.05) is 36.4 Å². The number of aliphatic hydroxyl groups excluding tert-OH is 1. The number of hydrogen-bond donors (Lipinski definition) is 2. The maximum atomic E-state index is 13.6. The van der Waals surface area contributed by atoms with E-state index in [0.717, 1.165) is 40.6 Å². The number of rotatable bonds is 5. The van der Waals surface area contributed by atoms with Gasteiger partial charge in [-0.05, 0) is 46.7 Å². The highest BCUT2D eigenvalue weighted by Gasteiger charge is 2.13. The molecule has 1 amide bonds. The zero-order valence-electron chi connectivity index (χ0n) is 13.8. The molecule has 0 spiro atoms. The summed E-state index contributed by atoms with van der Waals surface area (Å²) >= 11 is 0. The summed E-state index contributed by atoms with van der Waals surface area (Å²) in [5.41, 5.74) is 0.733. The molecule has 0 unspecified atom stereocenters. The molecule has 0 saturated carbocycles. The minimum atomic E-state index is -0.622. The van der Waals surface area contributed by atoms with E-state index in [0.29, 0.717) is 0 Å². The molecule has 5 heteroatoms. The van der Waals surface area contributed by atoms with Crippen LogP contribution >= 0.6 is 0 Å². The first-order valence-electron chi connectivity index (χ1n) is 8.10. The van der Waals surface area contributed by atoms with E-state index in [1.54, 1.807) is 0 Å². The largest absolute Gasteiger partial charge is 0.394 e. The highest BCUT2D eigenvalue weighted by atomic mass is 19.1. The van der Waals surface area contributed by atoms with Crippen molar-refractivity contribution in [3.05, 3.63) is 89.5 Å². The molecule has 0 aliphatic carbocycles. The molecular formula is C21H17F2NO2. The van der Waals surface area contributed by atoms with E-state index >= 15 is 0 Å². The van der Waals surface area contributed by atoms with Gasteiger partial charge in [0.15, 0.2) is 0 Å². The summed E-state index contributed by atoms with van der Waals surface area (Å²) in [7, 11) is 0. The Morgan fingerprint density at radius 1 is 1.04 bits per heavy atom. The summed E-state index contributed by atoms with van der Waals surface area (Å²) in [6.07, 6.45) is 2.31. The Morgan fingerprint density at radius 3 is 2.58 bits per heavy atom. The molecule has 2 N–H and O–H groups in total. The smallest absolute Gasteiger partial charge is 0.244 e. The monoisotopic (exact) mass is 353 g/mol. The van der Waals surface area contributed by atoms with Crippen LogP contribution < -0.4 is 5.32 Å². The van der Waals surface area contributed by atoms with Crippen LogP contribution in [0.15, 0.2) is 66.7 Å². The fourth-order valence-electron chi connectivity index (χ4n) is 2.69. The summed E-state index contributed by atoms with van der Waals surface area (Å²) in [6.45, 7) is -0.285. The summed E-state index contributed by atoms with van der Waals surface area (Å²) in [4.78, 5) is 12.1. The van der Waals surface area contributed by atoms with Crippen molar-refractivity contribution in [2.24, 2.45) is 0 Å². The number of hydrogen-bond acceptors (Lipinski definition) is 2. The molecule has 0 aromatic heterocycles. The van der Waals surface area contributed by atoms with Gasteiger partial charge in [-0.2, -0.15) is 0 Å². The normalized spacial score (nSPS) is 12.4. The predicted molar refractivity (Wildman–Crippen MR) is 97.3 cm³/mol. The number of benzene rings is 3. The first-order valence-corrected chi connectivity index (χ1v) is 8.10. The van der Waals surface area contributed by atoms with Crippen molar-refractivity contribution in [3.8, 4) is 0 Å². The molecule has 3 aromatic carbocycles. The zero-order chi connectivity index (χ0) is 18.5. The van der Waals surface area contributed by atoms with E-state index in [2.05, 4.69) is 5.32 Å². The lowest BCUT2D eigenvalue weighted by Gasteiger charge is -2.16. The minimum absolute atomic E-state index is 0.0218.